The van der Waals surface area contributed by atoms with Crippen molar-refractivity contribution in [2.75, 3.05) is 7.11 Å². The lowest BCUT2D eigenvalue weighted by Crippen LogP contribution is -2.15. The summed E-state index contributed by atoms with van der Waals surface area (Å²) in [6, 6.07) is 8.65. The monoisotopic (exact) mass is 394 g/mol. The van der Waals surface area contributed by atoms with Crippen molar-refractivity contribution in [1.82, 2.24) is 0 Å². The van der Waals surface area contributed by atoms with Crippen LogP contribution in [-0.4, -0.2) is 18.9 Å². The SMILES string of the molecule is COC(=O)CCCC#CC[C@H]1C(=O)C[C@@H](C)C1/C=C/[C@H](C)Cc1cccc(C)c1. The minimum Gasteiger partial charge on any atom is -0.469 e. The number of benzene rings is 1. The number of esters is 1. The summed E-state index contributed by atoms with van der Waals surface area (Å²) in [5, 5.41) is 0. The molecular weight excluding hydrogens is 360 g/mol. The standard InChI is InChI=1S/C26H34O3/c1-19-10-9-11-22(16-19)17-20(2)14-15-23-21(3)18-25(27)24(23)12-7-5-6-8-13-26(28)29-4/h9-11,14-16,20-21,23-24H,6,8,12-13,17-18H2,1-4H3/b15-14+/t20-,21+,23?,24+/m0/s1. The van der Waals surface area contributed by atoms with E-state index >= 15 is 0 Å². The Kier molecular flexibility index (Phi) is 9.19. The number of unbranched alkanes of at least 4 members (excludes halogenated alkanes) is 1. The van der Waals surface area contributed by atoms with E-state index in [0.29, 0.717) is 49.7 Å². The summed E-state index contributed by atoms with van der Waals surface area (Å²) >= 11 is 0. The Labute approximate surface area is 175 Å². The van der Waals surface area contributed by atoms with Crippen molar-refractivity contribution in [2.45, 2.75) is 59.3 Å². The predicted molar refractivity (Wildman–Crippen MR) is 117 cm³/mol. The molecule has 3 heteroatoms. The van der Waals surface area contributed by atoms with E-state index in [1.165, 1.54) is 18.2 Å². The zero-order valence-corrected chi connectivity index (χ0v) is 18.2. The molecule has 0 N–H and O–H groups in total. The molecule has 0 spiro atoms. The fraction of sp³-hybridized carbons (Fsp3) is 0.538. The molecule has 1 aliphatic carbocycles. The molecule has 0 aliphatic heterocycles. The van der Waals surface area contributed by atoms with Crippen molar-refractivity contribution in [2.24, 2.45) is 23.7 Å². The first-order valence-electron chi connectivity index (χ1n) is 10.7. The van der Waals surface area contributed by atoms with Gasteiger partial charge in [-0.2, -0.15) is 0 Å². The van der Waals surface area contributed by atoms with E-state index < -0.39 is 0 Å². The van der Waals surface area contributed by atoms with Crippen molar-refractivity contribution in [3.05, 3.63) is 47.5 Å². The summed E-state index contributed by atoms with van der Waals surface area (Å²) in [6.45, 7) is 6.52. The molecule has 1 aromatic rings. The van der Waals surface area contributed by atoms with Gasteiger partial charge in [0.05, 0.1) is 7.11 Å². The molecule has 2 rings (SSSR count). The predicted octanol–water partition coefficient (Wildman–Crippen LogP) is 5.31. The summed E-state index contributed by atoms with van der Waals surface area (Å²) in [7, 11) is 1.40. The van der Waals surface area contributed by atoms with Gasteiger partial charge in [0.1, 0.15) is 5.78 Å². The Bertz CT molecular complexity index is 781. The van der Waals surface area contributed by atoms with Crippen LogP contribution in [0.5, 0.6) is 0 Å². The molecule has 29 heavy (non-hydrogen) atoms. The number of ketones is 1. The third kappa shape index (κ3) is 7.54. The number of hydrogen-bond acceptors (Lipinski definition) is 3. The maximum absolute atomic E-state index is 12.5. The van der Waals surface area contributed by atoms with Gasteiger partial charge >= 0.3 is 5.97 Å². The van der Waals surface area contributed by atoms with Crippen LogP contribution in [0.1, 0.15) is 57.1 Å². The van der Waals surface area contributed by atoms with E-state index in [-0.39, 0.29) is 17.8 Å². The number of ether oxygens (including phenoxy) is 1. The molecule has 156 valence electrons. The highest BCUT2D eigenvalue weighted by molar-refractivity contribution is 5.84. The summed E-state index contributed by atoms with van der Waals surface area (Å²) in [5.74, 6) is 7.51. The Morgan fingerprint density at radius 3 is 2.86 bits per heavy atom. The second kappa shape index (κ2) is 11.6. The van der Waals surface area contributed by atoms with Crippen LogP contribution in [0.2, 0.25) is 0 Å². The maximum atomic E-state index is 12.5. The fourth-order valence-corrected chi connectivity index (χ4v) is 4.08. The lowest BCUT2D eigenvalue weighted by atomic mass is 9.86. The molecular formula is C26H34O3. The first-order valence-corrected chi connectivity index (χ1v) is 10.7. The Hall–Kier alpha value is -2.34. The van der Waals surface area contributed by atoms with E-state index in [1.54, 1.807) is 0 Å². The quantitative estimate of drug-likeness (QED) is 0.260. The molecule has 3 nitrogen and oxygen atoms in total. The van der Waals surface area contributed by atoms with Crippen LogP contribution >= 0.6 is 0 Å². The van der Waals surface area contributed by atoms with Gasteiger partial charge in [-0.05, 0) is 43.1 Å². The zero-order valence-electron chi connectivity index (χ0n) is 18.2. The van der Waals surface area contributed by atoms with E-state index in [4.69, 9.17) is 0 Å². The van der Waals surface area contributed by atoms with Crippen LogP contribution in [-0.2, 0) is 20.7 Å². The molecule has 4 atom stereocenters. The number of aryl methyl sites for hydroxylation is 1. The third-order valence-electron chi connectivity index (χ3n) is 5.72. The number of allylic oxidation sites excluding steroid dienone is 2. The van der Waals surface area contributed by atoms with Gasteiger partial charge < -0.3 is 4.74 Å². The van der Waals surface area contributed by atoms with Crippen LogP contribution in [0, 0.1) is 42.4 Å². The molecule has 0 bridgehead atoms. The van der Waals surface area contributed by atoms with Crippen LogP contribution in [0.15, 0.2) is 36.4 Å². The number of rotatable bonds is 8. The Balaban J connectivity index is 1.89. The summed E-state index contributed by atoms with van der Waals surface area (Å²) < 4.78 is 4.63. The molecule has 0 amide bonds. The van der Waals surface area contributed by atoms with Gasteiger partial charge in [0, 0.05) is 31.6 Å². The molecule has 1 aromatic carbocycles. The van der Waals surface area contributed by atoms with Gasteiger partial charge in [-0.1, -0.05) is 55.8 Å². The maximum Gasteiger partial charge on any atom is 0.305 e. The average molecular weight is 395 g/mol. The summed E-state index contributed by atoms with van der Waals surface area (Å²) in [6.07, 6.45) is 8.58. The lowest BCUT2D eigenvalue weighted by molar-refractivity contribution is -0.140. The Morgan fingerprint density at radius 2 is 2.14 bits per heavy atom. The van der Waals surface area contributed by atoms with Crippen LogP contribution in [0.3, 0.4) is 0 Å². The first-order chi connectivity index (χ1) is 13.9. The summed E-state index contributed by atoms with van der Waals surface area (Å²) in [4.78, 5) is 23.6. The van der Waals surface area contributed by atoms with E-state index in [2.05, 4.69) is 73.8 Å². The zero-order chi connectivity index (χ0) is 21.2. The van der Waals surface area contributed by atoms with E-state index in [9.17, 15) is 9.59 Å². The normalized spacial score (nSPS) is 22.3. The first kappa shape index (κ1) is 22.9. The highest BCUT2D eigenvalue weighted by Gasteiger charge is 2.37. The molecule has 0 heterocycles. The van der Waals surface area contributed by atoms with Crippen molar-refractivity contribution in [1.29, 1.82) is 0 Å². The van der Waals surface area contributed by atoms with Crippen molar-refractivity contribution in [3.63, 3.8) is 0 Å². The fourth-order valence-electron chi connectivity index (χ4n) is 4.08. The Morgan fingerprint density at radius 1 is 1.34 bits per heavy atom. The highest BCUT2D eigenvalue weighted by Crippen LogP contribution is 2.37. The minimum atomic E-state index is -0.198. The van der Waals surface area contributed by atoms with Crippen LogP contribution < -0.4 is 0 Å². The second-order valence-electron chi connectivity index (χ2n) is 8.37. The van der Waals surface area contributed by atoms with Gasteiger partial charge in [0.2, 0.25) is 0 Å². The molecule has 1 unspecified atom stereocenters. The molecule has 0 radical (unpaired) electrons. The number of hydrogen-bond donors (Lipinski definition) is 0. The molecule has 1 fully saturated rings. The van der Waals surface area contributed by atoms with Gasteiger partial charge in [0.15, 0.2) is 0 Å². The third-order valence-corrected chi connectivity index (χ3v) is 5.72. The molecule has 1 aliphatic rings. The number of carbonyl (C=O) groups is 2. The van der Waals surface area contributed by atoms with Crippen LogP contribution in [0.4, 0.5) is 0 Å². The van der Waals surface area contributed by atoms with Crippen molar-refractivity contribution >= 4 is 11.8 Å². The summed E-state index contributed by atoms with van der Waals surface area (Å²) in [5.41, 5.74) is 2.64. The van der Waals surface area contributed by atoms with E-state index in [0.717, 1.165) is 6.42 Å². The van der Waals surface area contributed by atoms with Crippen molar-refractivity contribution in [3.8, 4) is 11.8 Å². The van der Waals surface area contributed by atoms with Gasteiger partial charge in [-0.25, -0.2) is 0 Å². The van der Waals surface area contributed by atoms with E-state index in [1.807, 2.05) is 0 Å². The highest BCUT2D eigenvalue weighted by atomic mass is 16.5. The topological polar surface area (TPSA) is 43.4 Å². The average Bonchev–Trinajstić information content (AvgIpc) is 2.95. The smallest absolute Gasteiger partial charge is 0.305 e. The van der Waals surface area contributed by atoms with Gasteiger partial charge in [-0.3, -0.25) is 9.59 Å². The van der Waals surface area contributed by atoms with Gasteiger partial charge in [-0.15, -0.1) is 11.8 Å². The number of Topliss-reactive ketones (excluding diaryl/α,β-unsaturated/α-hetero) is 1. The largest absolute Gasteiger partial charge is 0.469 e. The lowest BCUT2D eigenvalue weighted by Gasteiger charge is -2.17. The number of carbonyl (C=O) groups excluding carboxylic acids is 2. The number of methoxy groups -OCH3 is 1. The van der Waals surface area contributed by atoms with Crippen molar-refractivity contribution < 1.29 is 14.3 Å². The van der Waals surface area contributed by atoms with Gasteiger partial charge in [0.25, 0.3) is 0 Å². The van der Waals surface area contributed by atoms with Crippen LogP contribution in [0.25, 0.3) is 0 Å². The molecule has 0 saturated heterocycles. The molecule has 1 saturated carbocycles. The minimum absolute atomic E-state index is 0.000488. The molecule has 0 aromatic heterocycles. The second-order valence-corrected chi connectivity index (χ2v) is 8.37.